The van der Waals surface area contributed by atoms with Crippen LogP contribution in [0.4, 0.5) is 16.0 Å². The predicted molar refractivity (Wildman–Crippen MR) is 98.1 cm³/mol. The van der Waals surface area contributed by atoms with Gasteiger partial charge in [-0.1, -0.05) is 0 Å². The third-order valence-corrected chi connectivity index (χ3v) is 3.89. The van der Waals surface area contributed by atoms with Gasteiger partial charge in [0.15, 0.2) is 11.5 Å². The molecule has 0 amide bonds. The quantitative estimate of drug-likeness (QED) is 0.723. The molecule has 3 rings (SSSR count). The average Bonchev–Trinajstić information content (AvgIpc) is 2.60. The highest BCUT2D eigenvalue weighted by Crippen LogP contribution is 2.30. The normalized spacial score (nSPS) is 12.8. The van der Waals surface area contributed by atoms with Crippen molar-refractivity contribution in [1.29, 1.82) is 0 Å². The van der Waals surface area contributed by atoms with E-state index in [4.69, 9.17) is 10.5 Å². The predicted octanol–water partition coefficient (Wildman–Crippen LogP) is 3.40. The summed E-state index contributed by atoms with van der Waals surface area (Å²) in [7, 11) is 1.56. The van der Waals surface area contributed by atoms with Gasteiger partial charge in [0.2, 0.25) is 5.88 Å². The number of ether oxygens (including phenoxy) is 1. The number of nitrogens with one attached hydrogen (secondary N) is 1. The maximum Gasteiger partial charge on any atom is 0.222 e. The Kier molecular flexibility index (Phi) is 4.69. The van der Waals surface area contributed by atoms with Crippen LogP contribution < -0.4 is 15.8 Å². The zero-order valence-electron chi connectivity index (χ0n) is 15.1. The van der Waals surface area contributed by atoms with Crippen molar-refractivity contribution < 1.29 is 9.13 Å². The smallest absolute Gasteiger partial charge is 0.222 e. The molecular weight excluding hydrogens is 335 g/mol. The maximum atomic E-state index is 14.1. The number of aromatic nitrogens is 4. The molecule has 3 aromatic rings. The standard InChI is InChI=1S/C18H21FN6O/c1-10(20)12-8-23-16(26-4)13-9-22-15(7-11(12)13)24-14-5-6-21-17(25-14)18(2,3)19/h5-10H,20H2,1-4H3,(H,21,22,24,25). The molecule has 7 nitrogen and oxygen atoms in total. The van der Waals surface area contributed by atoms with Crippen molar-refractivity contribution in [3.05, 3.63) is 42.1 Å². The first kappa shape index (κ1) is 17.9. The SMILES string of the molecule is COc1ncc(C(C)N)c2cc(Nc3ccnc(C(C)(C)F)n3)ncc12. The summed E-state index contributed by atoms with van der Waals surface area (Å²) in [6.45, 7) is 4.71. The van der Waals surface area contributed by atoms with E-state index in [1.54, 1.807) is 25.6 Å². The molecule has 8 heteroatoms. The van der Waals surface area contributed by atoms with Gasteiger partial charge in [-0.3, -0.25) is 0 Å². The van der Waals surface area contributed by atoms with Crippen molar-refractivity contribution in [1.82, 2.24) is 19.9 Å². The fraction of sp³-hybridized carbons (Fsp3) is 0.333. The first-order valence-corrected chi connectivity index (χ1v) is 8.17. The fourth-order valence-electron chi connectivity index (χ4n) is 2.57. The molecular formula is C18H21FN6O. The zero-order chi connectivity index (χ0) is 18.9. The number of hydrogen-bond acceptors (Lipinski definition) is 7. The summed E-state index contributed by atoms with van der Waals surface area (Å²) in [5, 5.41) is 4.73. The van der Waals surface area contributed by atoms with Crippen LogP contribution in [-0.2, 0) is 5.67 Å². The van der Waals surface area contributed by atoms with Gasteiger partial charge in [0.1, 0.15) is 11.6 Å². The number of alkyl halides is 1. The van der Waals surface area contributed by atoms with E-state index in [2.05, 4.69) is 25.3 Å². The monoisotopic (exact) mass is 356 g/mol. The van der Waals surface area contributed by atoms with E-state index in [1.165, 1.54) is 20.0 Å². The topological polar surface area (TPSA) is 98.8 Å². The summed E-state index contributed by atoms with van der Waals surface area (Å²) < 4.78 is 19.4. The molecule has 0 saturated heterocycles. The minimum Gasteiger partial charge on any atom is -0.481 e. The summed E-state index contributed by atoms with van der Waals surface area (Å²) in [6, 6.07) is 3.30. The molecule has 0 aromatic carbocycles. The Morgan fingerprint density at radius 1 is 1.15 bits per heavy atom. The van der Waals surface area contributed by atoms with Crippen LogP contribution in [0.25, 0.3) is 10.8 Å². The van der Waals surface area contributed by atoms with Gasteiger partial charge in [-0.05, 0) is 43.9 Å². The molecule has 0 aliphatic carbocycles. The van der Waals surface area contributed by atoms with Crippen molar-refractivity contribution >= 4 is 22.4 Å². The van der Waals surface area contributed by atoms with Gasteiger partial charge in [0, 0.05) is 24.6 Å². The van der Waals surface area contributed by atoms with Gasteiger partial charge in [0.05, 0.1) is 12.5 Å². The number of nitrogens with two attached hydrogens (primary N) is 1. The van der Waals surface area contributed by atoms with Crippen LogP contribution in [-0.4, -0.2) is 27.0 Å². The van der Waals surface area contributed by atoms with Crippen LogP contribution in [0.5, 0.6) is 5.88 Å². The Hall–Kier alpha value is -2.87. The van der Waals surface area contributed by atoms with Gasteiger partial charge in [0.25, 0.3) is 0 Å². The molecule has 0 fully saturated rings. The van der Waals surface area contributed by atoms with Crippen LogP contribution in [0.2, 0.25) is 0 Å². The Labute approximate surface area is 150 Å². The molecule has 0 aliphatic rings. The number of anilines is 2. The first-order chi connectivity index (χ1) is 12.3. The van der Waals surface area contributed by atoms with Gasteiger partial charge in [-0.15, -0.1) is 0 Å². The maximum absolute atomic E-state index is 14.1. The number of pyridine rings is 2. The summed E-state index contributed by atoms with van der Waals surface area (Å²) in [5.41, 5.74) is 5.30. The highest BCUT2D eigenvalue weighted by Gasteiger charge is 2.22. The molecule has 1 unspecified atom stereocenters. The van der Waals surface area contributed by atoms with Gasteiger partial charge in [-0.25, -0.2) is 24.3 Å². The number of fused-ring (bicyclic) bond motifs is 1. The van der Waals surface area contributed by atoms with E-state index >= 15 is 0 Å². The summed E-state index contributed by atoms with van der Waals surface area (Å²) >= 11 is 0. The second-order valence-corrected chi connectivity index (χ2v) is 6.49. The van der Waals surface area contributed by atoms with Gasteiger partial charge in [-0.2, -0.15) is 0 Å². The molecule has 3 aromatic heterocycles. The van der Waals surface area contributed by atoms with E-state index < -0.39 is 5.67 Å². The summed E-state index contributed by atoms with van der Waals surface area (Å²) in [4.78, 5) is 16.8. The lowest BCUT2D eigenvalue weighted by atomic mass is 10.0. The number of methoxy groups -OCH3 is 1. The van der Waals surface area contributed by atoms with Crippen LogP contribution in [0.3, 0.4) is 0 Å². The van der Waals surface area contributed by atoms with Crippen molar-refractivity contribution in [2.75, 3.05) is 12.4 Å². The van der Waals surface area contributed by atoms with Crippen molar-refractivity contribution in [2.45, 2.75) is 32.5 Å². The minimum absolute atomic E-state index is 0.102. The molecule has 0 bridgehead atoms. The lowest BCUT2D eigenvalue weighted by Gasteiger charge is -2.15. The van der Waals surface area contributed by atoms with Crippen LogP contribution in [0, 0.1) is 0 Å². The highest BCUT2D eigenvalue weighted by atomic mass is 19.1. The zero-order valence-corrected chi connectivity index (χ0v) is 15.1. The van der Waals surface area contributed by atoms with E-state index in [1.807, 2.05) is 13.0 Å². The number of halogens is 1. The van der Waals surface area contributed by atoms with Crippen molar-refractivity contribution in [3.8, 4) is 5.88 Å². The molecule has 0 aliphatic heterocycles. The molecule has 1 atom stereocenters. The Balaban J connectivity index is 2.03. The fourth-order valence-corrected chi connectivity index (χ4v) is 2.57. The highest BCUT2D eigenvalue weighted by molar-refractivity contribution is 5.91. The molecule has 0 spiro atoms. The Morgan fingerprint density at radius 3 is 2.58 bits per heavy atom. The van der Waals surface area contributed by atoms with E-state index in [0.29, 0.717) is 17.5 Å². The molecule has 136 valence electrons. The number of nitrogens with zero attached hydrogens (tertiary/aromatic N) is 4. The van der Waals surface area contributed by atoms with Crippen molar-refractivity contribution in [2.24, 2.45) is 5.73 Å². The Bertz CT molecular complexity index is 939. The summed E-state index contributed by atoms with van der Waals surface area (Å²) in [5.74, 6) is 1.59. The van der Waals surface area contributed by atoms with Gasteiger partial charge < -0.3 is 15.8 Å². The average molecular weight is 356 g/mol. The van der Waals surface area contributed by atoms with Crippen molar-refractivity contribution in [3.63, 3.8) is 0 Å². The van der Waals surface area contributed by atoms with E-state index in [9.17, 15) is 4.39 Å². The molecule has 3 N–H and O–H groups in total. The third kappa shape index (κ3) is 3.55. The number of rotatable bonds is 5. The first-order valence-electron chi connectivity index (χ1n) is 8.17. The number of hydrogen-bond donors (Lipinski definition) is 2. The lowest BCUT2D eigenvalue weighted by Crippen LogP contribution is -2.14. The Morgan fingerprint density at radius 2 is 1.92 bits per heavy atom. The molecule has 26 heavy (non-hydrogen) atoms. The van der Waals surface area contributed by atoms with Crippen LogP contribution in [0.1, 0.15) is 38.2 Å². The molecule has 3 heterocycles. The third-order valence-electron chi connectivity index (χ3n) is 3.89. The van der Waals surface area contributed by atoms with Crippen LogP contribution >= 0.6 is 0 Å². The largest absolute Gasteiger partial charge is 0.481 e. The van der Waals surface area contributed by atoms with Gasteiger partial charge >= 0.3 is 0 Å². The van der Waals surface area contributed by atoms with E-state index in [0.717, 1.165) is 16.3 Å². The molecule has 0 radical (unpaired) electrons. The molecule has 0 saturated carbocycles. The lowest BCUT2D eigenvalue weighted by molar-refractivity contribution is 0.206. The summed E-state index contributed by atoms with van der Waals surface area (Å²) in [6.07, 6.45) is 4.87. The minimum atomic E-state index is -1.63. The van der Waals surface area contributed by atoms with E-state index in [-0.39, 0.29) is 11.9 Å². The second kappa shape index (κ2) is 6.80. The van der Waals surface area contributed by atoms with Crippen LogP contribution in [0.15, 0.2) is 30.7 Å². The second-order valence-electron chi connectivity index (χ2n) is 6.49.